The molecule has 0 aliphatic rings. The minimum atomic E-state index is 0.822. The van der Waals surface area contributed by atoms with Gasteiger partial charge in [-0.3, -0.25) is 24.9 Å². The van der Waals surface area contributed by atoms with Gasteiger partial charge in [0.15, 0.2) is 0 Å². The van der Waals surface area contributed by atoms with Crippen molar-refractivity contribution in [2.45, 2.75) is 55.4 Å². The normalized spacial score (nSPS) is 8.71. The van der Waals surface area contributed by atoms with Crippen molar-refractivity contribution in [2.75, 3.05) is 0 Å². The van der Waals surface area contributed by atoms with Crippen molar-refractivity contribution in [3.8, 4) is 0 Å². The molecular weight excluding hydrogens is 699 g/mol. The molecule has 56 heavy (non-hydrogen) atoms. The van der Waals surface area contributed by atoms with E-state index in [9.17, 15) is 0 Å². The summed E-state index contributed by atoms with van der Waals surface area (Å²) in [4.78, 5) is 34.8. The van der Waals surface area contributed by atoms with E-state index in [0.717, 1.165) is 34.2 Å². The molecule has 13 nitrogen and oxygen atoms in total. The van der Waals surface area contributed by atoms with Crippen molar-refractivity contribution in [3.63, 3.8) is 0 Å². The first-order chi connectivity index (χ1) is 27.2. The van der Waals surface area contributed by atoms with Crippen molar-refractivity contribution >= 4 is 0 Å². The van der Waals surface area contributed by atoms with Gasteiger partial charge >= 0.3 is 0 Å². The van der Waals surface area contributed by atoms with Crippen LogP contribution < -0.4 is 0 Å². The van der Waals surface area contributed by atoms with Gasteiger partial charge in [0.25, 0.3) is 0 Å². The number of aryl methyl sites for hydroxylation is 8. The van der Waals surface area contributed by atoms with Gasteiger partial charge in [0.05, 0.1) is 17.6 Å². The van der Waals surface area contributed by atoms with E-state index in [-0.39, 0.29) is 0 Å². The van der Waals surface area contributed by atoms with E-state index in [1.807, 2.05) is 128 Å². The van der Waals surface area contributed by atoms with E-state index in [2.05, 4.69) is 65.3 Å². The molecule has 0 radical (unpaired) electrons. The predicted molar refractivity (Wildman–Crippen MR) is 221 cm³/mol. The highest BCUT2D eigenvalue weighted by atomic mass is 15.1. The number of pyridine rings is 3. The average Bonchev–Trinajstić information content (AvgIpc) is 3.22. The fourth-order valence-corrected chi connectivity index (χ4v) is 3.16. The van der Waals surface area contributed by atoms with Crippen molar-refractivity contribution < 1.29 is 0 Å². The Morgan fingerprint density at radius 3 is 1.21 bits per heavy atom. The topological polar surface area (TPSA) is 168 Å². The monoisotopic (exact) mass is 749 g/mol. The Kier molecular flexibility index (Phi) is 27.2. The lowest BCUT2D eigenvalue weighted by Gasteiger charge is -1.82. The van der Waals surface area contributed by atoms with E-state index in [4.69, 9.17) is 0 Å². The molecule has 8 aromatic heterocycles. The van der Waals surface area contributed by atoms with Gasteiger partial charge < -0.3 is 0 Å². The first kappa shape index (κ1) is 46.9. The van der Waals surface area contributed by atoms with Crippen molar-refractivity contribution in [3.05, 3.63) is 211 Å². The van der Waals surface area contributed by atoms with Gasteiger partial charge in [-0.05, 0) is 133 Å². The zero-order valence-corrected chi connectivity index (χ0v) is 33.4. The van der Waals surface area contributed by atoms with Crippen LogP contribution in [0.2, 0.25) is 0 Å². The molecule has 0 atom stereocenters. The summed E-state index contributed by atoms with van der Waals surface area (Å²) in [7, 11) is 0. The van der Waals surface area contributed by atoms with E-state index in [1.165, 1.54) is 17.5 Å². The second-order valence-corrected chi connectivity index (χ2v) is 11.3. The van der Waals surface area contributed by atoms with E-state index in [1.54, 1.807) is 86.6 Å². The summed E-state index contributed by atoms with van der Waals surface area (Å²) in [6, 6.07) is 23.1. The summed E-state index contributed by atoms with van der Waals surface area (Å²) >= 11 is 0. The highest BCUT2D eigenvalue weighted by molar-refractivity contribution is 5.06. The Morgan fingerprint density at radius 2 is 0.929 bits per heavy atom. The van der Waals surface area contributed by atoms with Gasteiger partial charge in [-0.2, -0.15) is 20.4 Å². The molecule has 288 valence electrons. The second kappa shape index (κ2) is 32.5. The third kappa shape index (κ3) is 30.5. The molecule has 0 amide bonds. The zero-order valence-electron chi connectivity index (χ0n) is 33.4. The zero-order chi connectivity index (χ0) is 40.9. The third-order valence-corrected chi connectivity index (χ3v) is 6.02. The molecular formula is C43H51N13. The smallest absolute Gasteiger partial charge is 0.125 e. The molecule has 8 rings (SSSR count). The van der Waals surface area contributed by atoms with Crippen LogP contribution in [-0.2, 0) is 0 Å². The number of nitrogens with zero attached hydrogens (tertiary/aromatic N) is 13. The molecule has 0 bridgehead atoms. The Morgan fingerprint density at radius 1 is 0.304 bits per heavy atom. The van der Waals surface area contributed by atoms with Crippen LogP contribution in [0.5, 0.6) is 0 Å². The highest BCUT2D eigenvalue weighted by Gasteiger charge is 1.78. The van der Waals surface area contributed by atoms with Gasteiger partial charge in [-0.15, -0.1) is 0 Å². The maximum absolute atomic E-state index is 3.98. The maximum Gasteiger partial charge on any atom is 0.125 e. The molecule has 0 unspecified atom stereocenters. The lowest BCUT2D eigenvalue weighted by molar-refractivity contribution is 0.980. The molecule has 8 aromatic rings. The number of hydrogen-bond acceptors (Lipinski definition) is 13. The lowest BCUT2D eigenvalue weighted by atomic mass is 10.3. The first-order valence-corrected chi connectivity index (χ1v) is 17.4. The third-order valence-electron chi connectivity index (χ3n) is 6.02. The minimum Gasteiger partial charge on any atom is -0.265 e. The molecule has 0 aliphatic heterocycles. The predicted octanol–water partition coefficient (Wildman–Crippen LogP) is 8.10. The second-order valence-electron chi connectivity index (χ2n) is 11.3. The average molecular weight is 750 g/mol. The van der Waals surface area contributed by atoms with Gasteiger partial charge in [0, 0.05) is 91.9 Å². The van der Waals surface area contributed by atoms with E-state index < -0.39 is 0 Å². The molecule has 0 saturated heterocycles. The molecule has 8 heterocycles. The summed E-state index contributed by atoms with van der Waals surface area (Å²) < 4.78 is 0. The molecule has 0 saturated carbocycles. The highest BCUT2D eigenvalue weighted by Crippen LogP contribution is 1.90. The molecule has 13 heteroatoms. The fraction of sp³-hybridized carbons (Fsp3) is 0.186. The van der Waals surface area contributed by atoms with Gasteiger partial charge in [-0.25, -0.2) is 19.9 Å². The molecule has 0 aliphatic carbocycles. The largest absolute Gasteiger partial charge is 0.265 e. The van der Waals surface area contributed by atoms with Crippen LogP contribution in [0.4, 0.5) is 0 Å². The lowest BCUT2D eigenvalue weighted by Crippen LogP contribution is -1.80. The summed E-state index contributed by atoms with van der Waals surface area (Å²) in [6.07, 6.45) is 25.8. The molecule has 0 fully saturated rings. The van der Waals surface area contributed by atoms with Crippen molar-refractivity contribution in [1.82, 2.24) is 65.3 Å². The van der Waals surface area contributed by atoms with Crippen LogP contribution in [0.15, 0.2) is 166 Å². The van der Waals surface area contributed by atoms with Crippen molar-refractivity contribution in [1.29, 1.82) is 0 Å². The summed E-state index contributed by atoms with van der Waals surface area (Å²) in [5.41, 5.74) is 7.62. The molecule has 0 aromatic carbocycles. The standard InChI is InChI=1S/3C6H7N.5C5H6N2/c1-6-2-4-7-5-3-6;1-6-3-2-4-7-5-6;1-6-4-2-3-5-7-6;1-5-4-6-2-3-7-5;1-5-2-3-6-4-7-5;1-5-2-3-6-7-4-5;1-5-6-3-2-4-7-5;1-5-3-2-4-6-7-5/h3*2-5H,1H3;5*2-4H,1H3. The Bertz CT molecular complexity index is 1530. The van der Waals surface area contributed by atoms with Crippen LogP contribution in [0.1, 0.15) is 45.3 Å². The Labute approximate surface area is 331 Å². The first-order valence-electron chi connectivity index (χ1n) is 17.4. The summed E-state index contributed by atoms with van der Waals surface area (Å²) in [5.74, 6) is 0.822. The van der Waals surface area contributed by atoms with Crippen LogP contribution in [0.3, 0.4) is 0 Å². The van der Waals surface area contributed by atoms with Crippen LogP contribution in [0.25, 0.3) is 0 Å². The quantitative estimate of drug-likeness (QED) is 0.146. The summed E-state index contributed by atoms with van der Waals surface area (Å²) in [6.45, 7) is 15.6. The minimum absolute atomic E-state index is 0.822. The number of aromatic nitrogens is 13. The van der Waals surface area contributed by atoms with Gasteiger partial charge in [-0.1, -0.05) is 12.1 Å². The van der Waals surface area contributed by atoms with Crippen LogP contribution >= 0.6 is 0 Å². The molecule has 0 N–H and O–H groups in total. The Balaban J connectivity index is 0.000000320. The Hall–Kier alpha value is -7.15. The van der Waals surface area contributed by atoms with Crippen molar-refractivity contribution in [2.24, 2.45) is 0 Å². The van der Waals surface area contributed by atoms with Gasteiger partial charge in [0.2, 0.25) is 0 Å². The SMILES string of the molecule is Cc1ccccn1.Cc1cccnc1.Cc1cccnn1.Cc1ccncc1.Cc1ccncn1.Cc1ccnnc1.Cc1cnccn1.Cc1ncccn1. The summed E-state index contributed by atoms with van der Waals surface area (Å²) in [5, 5.41) is 14.6. The number of hydrogen-bond donors (Lipinski definition) is 0. The van der Waals surface area contributed by atoms with Crippen LogP contribution in [-0.4, -0.2) is 65.3 Å². The van der Waals surface area contributed by atoms with Crippen LogP contribution in [0, 0.1) is 55.4 Å². The van der Waals surface area contributed by atoms with Gasteiger partial charge in [0.1, 0.15) is 12.2 Å². The van der Waals surface area contributed by atoms with E-state index in [0.29, 0.717) is 0 Å². The molecule has 0 spiro atoms. The van der Waals surface area contributed by atoms with E-state index >= 15 is 0 Å². The number of rotatable bonds is 0. The maximum atomic E-state index is 3.98. The fourth-order valence-electron chi connectivity index (χ4n) is 3.16.